The molecular formula is C12H11ClF3N3. The lowest BCUT2D eigenvalue weighted by atomic mass is 10.1. The van der Waals surface area contributed by atoms with Crippen LogP contribution in [0, 0.1) is 6.92 Å². The van der Waals surface area contributed by atoms with Crippen molar-refractivity contribution in [1.82, 2.24) is 9.78 Å². The lowest BCUT2D eigenvalue weighted by molar-refractivity contribution is -0.137. The van der Waals surface area contributed by atoms with Crippen molar-refractivity contribution in [3.63, 3.8) is 0 Å². The van der Waals surface area contributed by atoms with Gasteiger partial charge in [-0.15, -0.1) is 0 Å². The summed E-state index contributed by atoms with van der Waals surface area (Å²) >= 11 is 5.88. The molecule has 7 heteroatoms. The zero-order valence-electron chi connectivity index (χ0n) is 10.0. The van der Waals surface area contributed by atoms with E-state index in [-0.39, 0.29) is 6.54 Å². The van der Waals surface area contributed by atoms with E-state index in [1.54, 1.807) is 13.1 Å². The van der Waals surface area contributed by atoms with E-state index < -0.39 is 11.7 Å². The number of alkyl halides is 3. The molecule has 0 saturated heterocycles. The molecule has 2 aromatic rings. The van der Waals surface area contributed by atoms with Crippen LogP contribution in [0.1, 0.15) is 16.8 Å². The average molecular weight is 290 g/mol. The van der Waals surface area contributed by atoms with Gasteiger partial charge in [-0.1, -0.05) is 11.6 Å². The molecule has 0 bridgehead atoms. The summed E-state index contributed by atoms with van der Waals surface area (Å²) in [6.07, 6.45) is -2.85. The van der Waals surface area contributed by atoms with Crippen molar-refractivity contribution in [2.24, 2.45) is 5.73 Å². The Bertz CT molecular complexity index is 585. The largest absolute Gasteiger partial charge is 0.416 e. The third-order valence-electron chi connectivity index (χ3n) is 2.71. The van der Waals surface area contributed by atoms with Gasteiger partial charge in [0, 0.05) is 12.7 Å². The molecule has 0 unspecified atom stereocenters. The number of hydrogen-bond acceptors (Lipinski definition) is 2. The van der Waals surface area contributed by atoms with Crippen LogP contribution in [0.3, 0.4) is 0 Å². The van der Waals surface area contributed by atoms with Gasteiger partial charge >= 0.3 is 6.18 Å². The van der Waals surface area contributed by atoms with Gasteiger partial charge in [0.2, 0.25) is 0 Å². The number of halogens is 4. The maximum atomic E-state index is 12.6. The van der Waals surface area contributed by atoms with Crippen molar-refractivity contribution in [3.05, 3.63) is 46.2 Å². The monoisotopic (exact) mass is 289 g/mol. The van der Waals surface area contributed by atoms with Crippen LogP contribution in [0.15, 0.2) is 24.4 Å². The second-order valence-corrected chi connectivity index (χ2v) is 4.46. The first kappa shape index (κ1) is 13.9. The van der Waals surface area contributed by atoms with Crippen LogP contribution in [0.4, 0.5) is 13.2 Å². The molecule has 0 radical (unpaired) electrons. The van der Waals surface area contributed by atoms with E-state index in [9.17, 15) is 13.2 Å². The van der Waals surface area contributed by atoms with Gasteiger partial charge in [0.25, 0.3) is 0 Å². The minimum atomic E-state index is -4.39. The van der Waals surface area contributed by atoms with Crippen LogP contribution in [0.5, 0.6) is 0 Å². The fourth-order valence-electron chi connectivity index (χ4n) is 1.71. The van der Waals surface area contributed by atoms with Crippen molar-refractivity contribution in [2.75, 3.05) is 0 Å². The molecule has 0 saturated carbocycles. The van der Waals surface area contributed by atoms with Crippen molar-refractivity contribution >= 4 is 11.6 Å². The van der Waals surface area contributed by atoms with Crippen LogP contribution in [0.2, 0.25) is 5.02 Å². The predicted octanol–water partition coefficient (Wildman–Crippen LogP) is 3.31. The molecule has 1 aromatic carbocycles. The van der Waals surface area contributed by atoms with Gasteiger partial charge in [0.1, 0.15) is 0 Å². The topological polar surface area (TPSA) is 43.8 Å². The number of nitrogens with zero attached hydrogens (tertiary/aromatic N) is 2. The minimum Gasteiger partial charge on any atom is -0.326 e. The van der Waals surface area contributed by atoms with Crippen molar-refractivity contribution in [1.29, 1.82) is 0 Å². The van der Waals surface area contributed by atoms with Gasteiger partial charge < -0.3 is 5.73 Å². The summed E-state index contributed by atoms with van der Waals surface area (Å²) in [5.74, 6) is 0. The zero-order chi connectivity index (χ0) is 14.2. The zero-order valence-corrected chi connectivity index (χ0v) is 10.8. The Morgan fingerprint density at radius 2 is 2.05 bits per heavy atom. The molecule has 0 fully saturated rings. The highest BCUT2D eigenvalue weighted by molar-refractivity contribution is 6.31. The molecule has 2 rings (SSSR count). The van der Waals surface area contributed by atoms with Gasteiger partial charge in [-0.3, -0.25) is 0 Å². The van der Waals surface area contributed by atoms with Gasteiger partial charge in [0.05, 0.1) is 22.0 Å². The Kier molecular flexibility index (Phi) is 3.56. The first-order valence-electron chi connectivity index (χ1n) is 5.45. The van der Waals surface area contributed by atoms with E-state index in [1.807, 2.05) is 0 Å². The van der Waals surface area contributed by atoms with Crippen LogP contribution >= 0.6 is 11.6 Å². The van der Waals surface area contributed by atoms with Crippen molar-refractivity contribution in [2.45, 2.75) is 19.6 Å². The number of hydrogen-bond donors (Lipinski definition) is 1. The van der Waals surface area contributed by atoms with Gasteiger partial charge in [-0.2, -0.15) is 18.3 Å². The van der Waals surface area contributed by atoms with Gasteiger partial charge in [-0.25, -0.2) is 4.68 Å². The lowest BCUT2D eigenvalue weighted by Gasteiger charge is -2.12. The first-order valence-corrected chi connectivity index (χ1v) is 5.83. The summed E-state index contributed by atoms with van der Waals surface area (Å²) in [5.41, 5.74) is 6.22. The number of rotatable bonds is 2. The molecular weight excluding hydrogens is 279 g/mol. The van der Waals surface area contributed by atoms with E-state index in [0.717, 1.165) is 12.1 Å². The average Bonchev–Trinajstić information content (AvgIpc) is 2.67. The minimum absolute atomic E-state index is 0.0181. The SMILES string of the molecule is Cc1nn(-c2ccc(C(F)(F)F)cc2CN)cc1Cl. The number of nitrogens with two attached hydrogens (primary N) is 1. The molecule has 1 heterocycles. The molecule has 3 nitrogen and oxygen atoms in total. The number of aryl methyl sites for hydroxylation is 1. The van der Waals surface area contributed by atoms with Crippen LogP contribution in [-0.2, 0) is 12.7 Å². The molecule has 0 atom stereocenters. The lowest BCUT2D eigenvalue weighted by Crippen LogP contribution is -2.10. The fourth-order valence-corrected chi connectivity index (χ4v) is 1.84. The Labute approximate surface area is 112 Å². The quantitative estimate of drug-likeness (QED) is 0.922. The molecule has 0 aliphatic rings. The van der Waals surface area contributed by atoms with E-state index in [4.69, 9.17) is 17.3 Å². The van der Waals surface area contributed by atoms with E-state index in [2.05, 4.69) is 5.10 Å². The summed E-state index contributed by atoms with van der Waals surface area (Å²) in [6, 6.07) is 3.37. The molecule has 0 aliphatic carbocycles. The molecule has 0 aliphatic heterocycles. The van der Waals surface area contributed by atoms with Crippen LogP contribution < -0.4 is 5.73 Å². The van der Waals surface area contributed by atoms with E-state index in [0.29, 0.717) is 22.0 Å². The summed E-state index contributed by atoms with van der Waals surface area (Å²) in [6.45, 7) is 1.70. The number of aromatic nitrogens is 2. The fraction of sp³-hybridized carbons (Fsp3) is 0.250. The first-order chi connectivity index (χ1) is 8.82. The van der Waals surface area contributed by atoms with Crippen LogP contribution in [0.25, 0.3) is 5.69 Å². The molecule has 19 heavy (non-hydrogen) atoms. The molecule has 0 amide bonds. The second-order valence-electron chi connectivity index (χ2n) is 4.05. The Hall–Kier alpha value is -1.53. The van der Waals surface area contributed by atoms with Crippen molar-refractivity contribution in [3.8, 4) is 5.69 Å². The number of benzene rings is 1. The van der Waals surface area contributed by atoms with Gasteiger partial charge in [-0.05, 0) is 30.7 Å². The second kappa shape index (κ2) is 4.86. The van der Waals surface area contributed by atoms with E-state index >= 15 is 0 Å². The van der Waals surface area contributed by atoms with Crippen LogP contribution in [-0.4, -0.2) is 9.78 Å². The standard InChI is InChI=1S/C12H11ClF3N3/c1-7-10(13)6-19(18-7)11-3-2-9(12(14,15)16)4-8(11)5-17/h2-4,6H,5,17H2,1H3. The molecule has 1 aromatic heterocycles. The predicted molar refractivity (Wildman–Crippen MR) is 66.2 cm³/mol. The third-order valence-corrected chi connectivity index (χ3v) is 3.08. The van der Waals surface area contributed by atoms with Gasteiger partial charge in [0.15, 0.2) is 0 Å². The highest BCUT2D eigenvalue weighted by Gasteiger charge is 2.31. The Balaban J connectivity index is 2.53. The smallest absolute Gasteiger partial charge is 0.326 e. The molecule has 0 spiro atoms. The Morgan fingerprint density at radius 3 is 2.53 bits per heavy atom. The van der Waals surface area contributed by atoms with E-state index in [1.165, 1.54) is 10.7 Å². The summed E-state index contributed by atoms with van der Waals surface area (Å²) in [4.78, 5) is 0. The Morgan fingerprint density at radius 1 is 1.37 bits per heavy atom. The maximum absolute atomic E-state index is 12.6. The highest BCUT2D eigenvalue weighted by atomic mass is 35.5. The molecule has 2 N–H and O–H groups in total. The summed E-state index contributed by atoms with van der Waals surface area (Å²) in [7, 11) is 0. The van der Waals surface area contributed by atoms with Crippen molar-refractivity contribution < 1.29 is 13.2 Å². The normalized spacial score (nSPS) is 11.9. The third kappa shape index (κ3) is 2.74. The summed E-state index contributed by atoms with van der Waals surface area (Å²) < 4.78 is 39.3. The maximum Gasteiger partial charge on any atom is 0.416 e. The highest BCUT2D eigenvalue weighted by Crippen LogP contribution is 2.31. The summed E-state index contributed by atoms with van der Waals surface area (Å²) in [5, 5.41) is 4.58. The molecule has 102 valence electrons.